The largest absolute Gasteiger partial charge is 0.368 e. The molecule has 0 aromatic rings. The molecule has 54 valence electrons. The molecule has 0 bridgehead atoms. The second-order valence-electron chi connectivity index (χ2n) is 2.73. The van der Waals surface area contributed by atoms with Crippen LogP contribution in [-0.2, 0) is 4.79 Å². The van der Waals surface area contributed by atoms with Gasteiger partial charge in [-0.2, -0.15) is 0 Å². The maximum atomic E-state index is 9.90. The van der Waals surface area contributed by atoms with Crippen molar-refractivity contribution >= 4 is 6.29 Å². The standard InChI is InChI=1S/C6H12O3/c1-6(2,3-4-7)5(8)9/h4-5,8-9H,3H2,1-2H3. The lowest BCUT2D eigenvalue weighted by atomic mass is 9.89. The van der Waals surface area contributed by atoms with E-state index in [1.807, 2.05) is 0 Å². The Morgan fingerprint density at radius 2 is 2.00 bits per heavy atom. The molecule has 0 aliphatic carbocycles. The first-order valence-corrected chi connectivity index (χ1v) is 2.80. The molecule has 0 heterocycles. The Hall–Kier alpha value is -0.410. The molecule has 0 aromatic heterocycles. The Bertz CT molecular complexity index is 96.5. The second-order valence-corrected chi connectivity index (χ2v) is 2.73. The van der Waals surface area contributed by atoms with E-state index in [9.17, 15) is 4.79 Å². The summed E-state index contributed by atoms with van der Waals surface area (Å²) in [6.45, 7) is 3.23. The van der Waals surface area contributed by atoms with Gasteiger partial charge in [0.15, 0.2) is 6.29 Å². The fourth-order valence-electron chi connectivity index (χ4n) is 0.320. The van der Waals surface area contributed by atoms with Gasteiger partial charge in [0, 0.05) is 11.8 Å². The van der Waals surface area contributed by atoms with E-state index < -0.39 is 11.7 Å². The molecule has 0 radical (unpaired) electrons. The number of aldehydes is 1. The third-order valence-corrected chi connectivity index (χ3v) is 1.31. The third kappa shape index (κ3) is 2.58. The van der Waals surface area contributed by atoms with Crippen LogP contribution in [0.15, 0.2) is 0 Å². The van der Waals surface area contributed by atoms with Crippen LogP contribution < -0.4 is 0 Å². The van der Waals surface area contributed by atoms with Crippen molar-refractivity contribution in [3.8, 4) is 0 Å². The summed E-state index contributed by atoms with van der Waals surface area (Å²) in [7, 11) is 0. The van der Waals surface area contributed by atoms with Crippen LogP contribution in [0, 0.1) is 5.41 Å². The molecule has 3 heteroatoms. The van der Waals surface area contributed by atoms with Crippen LogP contribution in [0.2, 0.25) is 0 Å². The van der Waals surface area contributed by atoms with Crippen molar-refractivity contribution in [2.45, 2.75) is 26.6 Å². The summed E-state index contributed by atoms with van der Waals surface area (Å²) < 4.78 is 0. The Kier molecular flexibility index (Phi) is 2.81. The second kappa shape index (κ2) is 2.94. The number of aliphatic hydroxyl groups excluding tert-OH is 1. The number of carbonyl (C=O) groups excluding carboxylic acids is 1. The van der Waals surface area contributed by atoms with E-state index in [2.05, 4.69) is 0 Å². The van der Waals surface area contributed by atoms with Crippen LogP contribution in [0.5, 0.6) is 0 Å². The van der Waals surface area contributed by atoms with Gasteiger partial charge in [0.05, 0.1) is 0 Å². The number of aliphatic hydroxyl groups is 2. The van der Waals surface area contributed by atoms with Crippen LogP contribution in [0.1, 0.15) is 20.3 Å². The predicted molar refractivity (Wildman–Crippen MR) is 32.7 cm³/mol. The first kappa shape index (κ1) is 8.59. The van der Waals surface area contributed by atoms with E-state index in [1.54, 1.807) is 13.8 Å². The highest BCUT2D eigenvalue weighted by molar-refractivity contribution is 5.50. The van der Waals surface area contributed by atoms with Crippen LogP contribution in [0.25, 0.3) is 0 Å². The quantitative estimate of drug-likeness (QED) is 0.417. The number of hydrogen-bond donors (Lipinski definition) is 2. The van der Waals surface area contributed by atoms with Crippen molar-refractivity contribution < 1.29 is 15.0 Å². The molecular weight excluding hydrogens is 120 g/mol. The molecule has 0 amide bonds. The maximum absolute atomic E-state index is 9.90. The summed E-state index contributed by atoms with van der Waals surface area (Å²) in [6.07, 6.45) is -0.563. The van der Waals surface area contributed by atoms with Crippen molar-refractivity contribution in [2.75, 3.05) is 0 Å². The van der Waals surface area contributed by atoms with Gasteiger partial charge in [0.2, 0.25) is 0 Å². The molecule has 0 aromatic carbocycles. The Morgan fingerprint density at radius 1 is 1.56 bits per heavy atom. The monoisotopic (exact) mass is 132 g/mol. The van der Waals surface area contributed by atoms with E-state index in [-0.39, 0.29) is 6.42 Å². The van der Waals surface area contributed by atoms with Crippen LogP contribution in [0.3, 0.4) is 0 Å². The molecule has 0 aliphatic heterocycles. The minimum atomic E-state index is -1.41. The van der Waals surface area contributed by atoms with Gasteiger partial charge in [-0.3, -0.25) is 0 Å². The van der Waals surface area contributed by atoms with Gasteiger partial charge in [0.1, 0.15) is 6.29 Å². The van der Waals surface area contributed by atoms with E-state index in [0.717, 1.165) is 0 Å². The number of rotatable bonds is 3. The zero-order valence-electron chi connectivity index (χ0n) is 5.66. The average Bonchev–Trinajstić information content (AvgIpc) is 1.65. The van der Waals surface area contributed by atoms with Gasteiger partial charge in [-0.05, 0) is 0 Å². The number of carbonyl (C=O) groups is 1. The minimum absolute atomic E-state index is 0.171. The molecule has 0 saturated carbocycles. The van der Waals surface area contributed by atoms with Crippen molar-refractivity contribution in [1.82, 2.24) is 0 Å². The number of hydrogen-bond acceptors (Lipinski definition) is 3. The first-order chi connectivity index (χ1) is 4.00. The van der Waals surface area contributed by atoms with Crippen molar-refractivity contribution in [3.05, 3.63) is 0 Å². The minimum Gasteiger partial charge on any atom is -0.368 e. The summed E-state index contributed by atoms with van der Waals surface area (Å²) >= 11 is 0. The molecule has 0 aliphatic rings. The van der Waals surface area contributed by atoms with Crippen molar-refractivity contribution in [2.24, 2.45) is 5.41 Å². The van der Waals surface area contributed by atoms with E-state index in [1.165, 1.54) is 0 Å². The summed E-state index contributed by atoms with van der Waals surface area (Å²) in [5.41, 5.74) is -0.707. The van der Waals surface area contributed by atoms with Crippen LogP contribution in [-0.4, -0.2) is 22.8 Å². The lowest BCUT2D eigenvalue weighted by Crippen LogP contribution is -2.28. The highest BCUT2D eigenvalue weighted by atomic mass is 16.5. The smallest absolute Gasteiger partial charge is 0.157 e. The van der Waals surface area contributed by atoms with Gasteiger partial charge in [-0.1, -0.05) is 13.8 Å². The lowest BCUT2D eigenvalue weighted by molar-refractivity contribution is -0.133. The van der Waals surface area contributed by atoms with Crippen LogP contribution in [0.4, 0.5) is 0 Å². The predicted octanol–water partition coefficient (Wildman–Crippen LogP) is -0.0877. The fraction of sp³-hybridized carbons (Fsp3) is 0.833. The summed E-state index contributed by atoms with van der Waals surface area (Å²) in [6, 6.07) is 0. The van der Waals surface area contributed by atoms with E-state index in [0.29, 0.717) is 6.29 Å². The third-order valence-electron chi connectivity index (χ3n) is 1.31. The molecule has 0 spiro atoms. The first-order valence-electron chi connectivity index (χ1n) is 2.80. The zero-order chi connectivity index (χ0) is 7.49. The van der Waals surface area contributed by atoms with E-state index in [4.69, 9.17) is 10.2 Å². The summed E-state index contributed by atoms with van der Waals surface area (Å²) in [5, 5.41) is 17.2. The molecule has 9 heavy (non-hydrogen) atoms. The fourth-order valence-corrected chi connectivity index (χ4v) is 0.320. The molecule has 0 atom stereocenters. The molecule has 3 nitrogen and oxygen atoms in total. The molecule has 2 N–H and O–H groups in total. The van der Waals surface area contributed by atoms with E-state index >= 15 is 0 Å². The normalized spacial score (nSPS) is 12.1. The summed E-state index contributed by atoms with van der Waals surface area (Å²) in [5.74, 6) is 0. The zero-order valence-corrected chi connectivity index (χ0v) is 5.66. The lowest BCUT2D eigenvalue weighted by Gasteiger charge is -2.23. The molecule has 0 unspecified atom stereocenters. The Morgan fingerprint density at radius 3 is 2.11 bits per heavy atom. The SMILES string of the molecule is CC(C)(CC=O)C(O)O. The van der Waals surface area contributed by atoms with Crippen molar-refractivity contribution in [1.29, 1.82) is 0 Å². The average molecular weight is 132 g/mol. The Balaban J connectivity index is 3.84. The molecule has 0 saturated heterocycles. The maximum Gasteiger partial charge on any atom is 0.157 e. The molecule has 0 fully saturated rings. The van der Waals surface area contributed by atoms with Gasteiger partial charge in [-0.15, -0.1) is 0 Å². The molecular formula is C6H12O3. The highest BCUT2D eigenvalue weighted by Crippen LogP contribution is 2.21. The molecule has 0 rings (SSSR count). The van der Waals surface area contributed by atoms with Crippen LogP contribution >= 0.6 is 0 Å². The van der Waals surface area contributed by atoms with Gasteiger partial charge in [0.25, 0.3) is 0 Å². The topological polar surface area (TPSA) is 57.5 Å². The highest BCUT2D eigenvalue weighted by Gasteiger charge is 2.24. The van der Waals surface area contributed by atoms with Crippen molar-refractivity contribution in [3.63, 3.8) is 0 Å². The summed E-state index contributed by atoms with van der Waals surface area (Å²) in [4.78, 5) is 9.90. The van der Waals surface area contributed by atoms with Gasteiger partial charge < -0.3 is 15.0 Å². The van der Waals surface area contributed by atoms with Gasteiger partial charge in [-0.25, -0.2) is 0 Å². The Labute approximate surface area is 54.3 Å². The van der Waals surface area contributed by atoms with Gasteiger partial charge >= 0.3 is 0 Å².